The largest absolute Gasteiger partial charge is 0.383 e. The summed E-state index contributed by atoms with van der Waals surface area (Å²) in [4.78, 5) is 18.8. The molecule has 0 saturated carbocycles. The first-order valence-corrected chi connectivity index (χ1v) is 6.61. The first kappa shape index (κ1) is 14.0. The molecule has 0 saturated heterocycles. The van der Waals surface area contributed by atoms with Crippen LogP contribution < -0.4 is 11.5 Å². The van der Waals surface area contributed by atoms with E-state index in [2.05, 4.69) is 22.1 Å². The van der Waals surface area contributed by atoms with Gasteiger partial charge in [-0.05, 0) is 31.2 Å². The lowest BCUT2D eigenvalue weighted by atomic mass is 10.0. The summed E-state index contributed by atoms with van der Waals surface area (Å²) in [6.07, 6.45) is 4.32. The third-order valence-corrected chi connectivity index (χ3v) is 3.19. The summed E-state index contributed by atoms with van der Waals surface area (Å²) in [7, 11) is 0. The average molecular weight is 270 g/mol. The number of nitrogen functional groups attached to an aromatic ring is 2. The van der Waals surface area contributed by atoms with E-state index in [1.807, 2.05) is 18.2 Å². The highest BCUT2D eigenvalue weighted by Crippen LogP contribution is 2.17. The van der Waals surface area contributed by atoms with Gasteiger partial charge in [-0.25, -0.2) is 4.98 Å². The van der Waals surface area contributed by atoms with Gasteiger partial charge in [-0.15, -0.1) is 0 Å². The maximum Gasteiger partial charge on any atom is 0.222 e. The Bertz CT molecular complexity index is 584. The quantitative estimate of drug-likeness (QED) is 0.618. The molecule has 0 aliphatic rings. The first-order valence-electron chi connectivity index (χ1n) is 6.61. The Hall–Kier alpha value is -2.43. The third-order valence-electron chi connectivity index (χ3n) is 3.19. The lowest BCUT2D eigenvalue weighted by molar-refractivity contribution is 0.111. The van der Waals surface area contributed by atoms with Gasteiger partial charge in [0.2, 0.25) is 5.95 Å². The van der Waals surface area contributed by atoms with E-state index in [0.717, 1.165) is 19.3 Å². The zero-order chi connectivity index (χ0) is 14.4. The van der Waals surface area contributed by atoms with E-state index in [1.165, 1.54) is 5.56 Å². The number of rotatable bonds is 6. The molecule has 0 atom stereocenters. The highest BCUT2D eigenvalue weighted by atomic mass is 16.1. The molecule has 5 heteroatoms. The molecule has 1 aromatic heterocycles. The van der Waals surface area contributed by atoms with Gasteiger partial charge in [-0.2, -0.15) is 4.98 Å². The van der Waals surface area contributed by atoms with E-state index in [9.17, 15) is 4.79 Å². The number of carbonyl (C=O) groups excluding carboxylic acids is 1. The molecule has 20 heavy (non-hydrogen) atoms. The number of carbonyl (C=O) groups is 1. The number of benzene rings is 1. The Morgan fingerprint density at radius 2 is 1.70 bits per heavy atom. The fraction of sp³-hybridized carbons (Fsp3) is 0.267. The van der Waals surface area contributed by atoms with Crippen molar-refractivity contribution in [3.8, 4) is 0 Å². The maximum absolute atomic E-state index is 11.0. The van der Waals surface area contributed by atoms with Crippen LogP contribution in [-0.2, 0) is 12.8 Å². The number of aryl methyl sites for hydroxylation is 1. The predicted molar refractivity (Wildman–Crippen MR) is 79.3 cm³/mol. The van der Waals surface area contributed by atoms with E-state index >= 15 is 0 Å². The fourth-order valence-electron chi connectivity index (χ4n) is 2.17. The molecule has 0 fully saturated rings. The van der Waals surface area contributed by atoms with Crippen molar-refractivity contribution in [1.82, 2.24) is 9.97 Å². The minimum absolute atomic E-state index is 0.0395. The number of anilines is 2. The van der Waals surface area contributed by atoms with Crippen molar-refractivity contribution in [1.29, 1.82) is 0 Å². The van der Waals surface area contributed by atoms with Gasteiger partial charge < -0.3 is 11.5 Å². The number of unbranched alkanes of at least 4 members (excludes halogenated alkanes) is 1. The summed E-state index contributed by atoms with van der Waals surface area (Å²) < 4.78 is 0. The molecule has 0 aliphatic heterocycles. The van der Waals surface area contributed by atoms with Gasteiger partial charge in [0.25, 0.3) is 0 Å². The third kappa shape index (κ3) is 3.54. The Morgan fingerprint density at radius 1 is 1.00 bits per heavy atom. The van der Waals surface area contributed by atoms with Gasteiger partial charge in [0.1, 0.15) is 11.5 Å². The molecular formula is C15H18N4O. The smallest absolute Gasteiger partial charge is 0.222 e. The van der Waals surface area contributed by atoms with Gasteiger partial charge in [-0.1, -0.05) is 30.3 Å². The highest BCUT2D eigenvalue weighted by Gasteiger charge is 2.10. The second kappa shape index (κ2) is 6.65. The monoisotopic (exact) mass is 270 g/mol. The van der Waals surface area contributed by atoms with Crippen LogP contribution in [0.1, 0.15) is 34.5 Å². The van der Waals surface area contributed by atoms with Crippen LogP contribution in [0.2, 0.25) is 0 Å². The van der Waals surface area contributed by atoms with Crippen LogP contribution in [0.5, 0.6) is 0 Å². The fourth-order valence-corrected chi connectivity index (χ4v) is 2.17. The zero-order valence-electron chi connectivity index (χ0n) is 11.2. The van der Waals surface area contributed by atoms with Crippen LogP contribution in [-0.4, -0.2) is 16.3 Å². The van der Waals surface area contributed by atoms with Crippen molar-refractivity contribution in [3.63, 3.8) is 0 Å². The summed E-state index contributed by atoms with van der Waals surface area (Å²) in [5.41, 5.74) is 13.6. The number of aromatic nitrogens is 2. The molecule has 1 heterocycles. The molecular weight excluding hydrogens is 252 g/mol. The summed E-state index contributed by atoms with van der Waals surface area (Å²) in [6.45, 7) is 0. The molecule has 5 nitrogen and oxygen atoms in total. The van der Waals surface area contributed by atoms with E-state index in [4.69, 9.17) is 11.5 Å². The molecule has 0 aliphatic carbocycles. The van der Waals surface area contributed by atoms with Crippen molar-refractivity contribution in [2.45, 2.75) is 25.7 Å². The van der Waals surface area contributed by atoms with E-state index in [1.54, 1.807) is 0 Å². The van der Waals surface area contributed by atoms with Gasteiger partial charge >= 0.3 is 0 Å². The molecule has 1 aromatic carbocycles. The normalized spacial score (nSPS) is 10.4. The number of nitrogens with two attached hydrogens (primary N) is 2. The van der Waals surface area contributed by atoms with Gasteiger partial charge in [0.05, 0.1) is 0 Å². The predicted octanol–water partition coefficient (Wildman–Crippen LogP) is 2.02. The molecule has 2 rings (SSSR count). The first-order chi connectivity index (χ1) is 9.70. The zero-order valence-corrected chi connectivity index (χ0v) is 11.2. The lowest BCUT2D eigenvalue weighted by Gasteiger charge is -2.08. The van der Waals surface area contributed by atoms with Crippen molar-refractivity contribution < 1.29 is 4.79 Å². The molecule has 0 spiro atoms. The minimum Gasteiger partial charge on any atom is -0.383 e. The summed E-state index contributed by atoms with van der Waals surface area (Å²) in [6, 6.07) is 10.3. The minimum atomic E-state index is 0.0395. The number of hydrogen-bond donors (Lipinski definition) is 2. The summed E-state index contributed by atoms with van der Waals surface area (Å²) in [5.74, 6) is 0.344. The SMILES string of the molecule is Nc1nc(N)c(CCCCc2ccccc2)c(C=O)n1. The average Bonchev–Trinajstić information content (AvgIpc) is 2.45. The molecule has 2 aromatic rings. The molecule has 0 unspecified atom stereocenters. The van der Waals surface area contributed by atoms with Crippen LogP contribution in [0.25, 0.3) is 0 Å². The van der Waals surface area contributed by atoms with Crippen LogP contribution in [0, 0.1) is 0 Å². The molecule has 0 radical (unpaired) electrons. The molecule has 4 N–H and O–H groups in total. The van der Waals surface area contributed by atoms with Crippen LogP contribution in [0.15, 0.2) is 30.3 Å². The molecule has 104 valence electrons. The number of nitrogens with zero attached hydrogens (tertiary/aromatic N) is 2. The Morgan fingerprint density at radius 3 is 2.40 bits per heavy atom. The van der Waals surface area contributed by atoms with Crippen LogP contribution in [0.3, 0.4) is 0 Å². The standard InChI is InChI=1S/C15H18N4O/c16-14-12(13(10-20)18-15(17)19-14)9-5-4-8-11-6-2-1-3-7-11/h1-3,6-7,10H,4-5,8-9H2,(H4,16,17,18,19). The second-order valence-electron chi connectivity index (χ2n) is 4.64. The van der Waals surface area contributed by atoms with E-state index < -0.39 is 0 Å². The number of aldehydes is 1. The maximum atomic E-state index is 11.0. The number of hydrogen-bond acceptors (Lipinski definition) is 5. The van der Waals surface area contributed by atoms with Crippen LogP contribution >= 0.6 is 0 Å². The Labute approximate surface area is 118 Å². The second-order valence-corrected chi connectivity index (χ2v) is 4.64. The van der Waals surface area contributed by atoms with E-state index in [0.29, 0.717) is 29.8 Å². The molecule has 0 bridgehead atoms. The van der Waals surface area contributed by atoms with Gasteiger partial charge in [-0.3, -0.25) is 4.79 Å². The summed E-state index contributed by atoms with van der Waals surface area (Å²) in [5, 5.41) is 0. The summed E-state index contributed by atoms with van der Waals surface area (Å²) >= 11 is 0. The van der Waals surface area contributed by atoms with Crippen molar-refractivity contribution >= 4 is 18.1 Å². The topological polar surface area (TPSA) is 94.9 Å². The van der Waals surface area contributed by atoms with Crippen LogP contribution in [0.4, 0.5) is 11.8 Å². The van der Waals surface area contributed by atoms with Gasteiger partial charge in [0.15, 0.2) is 6.29 Å². The lowest BCUT2D eigenvalue weighted by Crippen LogP contribution is -2.09. The highest BCUT2D eigenvalue weighted by molar-refractivity contribution is 5.77. The Balaban J connectivity index is 1.93. The van der Waals surface area contributed by atoms with Crippen molar-refractivity contribution in [2.75, 3.05) is 11.5 Å². The van der Waals surface area contributed by atoms with Crippen molar-refractivity contribution in [3.05, 3.63) is 47.2 Å². The Kier molecular flexibility index (Phi) is 4.65. The molecule has 0 amide bonds. The van der Waals surface area contributed by atoms with E-state index in [-0.39, 0.29) is 5.95 Å². The van der Waals surface area contributed by atoms with Crippen molar-refractivity contribution in [2.24, 2.45) is 0 Å². The van der Waals surface area contributed by atoms with Gasteiger partial charge in [0, 0.05) is 5.56 Å².